The largest absolute Gasteiger partial charge is 0.385 e. The van der Waals surface area contributed by atoms with Crippen LogP contribution in [0, 0.1) is 0 Å². The first-order valence-corrected chi connectivity index (χ1v) is 11.0. The first kappa shape index (κ1) is 19.6. The highest BCUT2D eigenvalue weighted by atomic mass is 32.2. The summed E-state index contributed by atoms with van der Waals surface area (Å²) in [5, 5.41) is 0. The molecular weight excluding hydrogens is 362 g/mol. The van der Waals surface area contributed by atoms with Crippen LogP contribution in [0.1, 0.15) is 23.2 Å². The quantitative estimate of drug-likeness (QED) is 0.685. The van der Waals surface area contributed by atoms with E-state index < -0.39 is 9.84 Å². The van der Waals surface area contributed by atoms with Crippen LogP contribution in [0.25, 0.3) is 11.1 Å². The van der Waals surface area contributed by atoms with Gasteiger partial charge in [0.15, 0.2) is 9.84 Å². The molecule has 1 amide bonds. The molecule has 0 aliphatic carbocycles. The van der Waals surface area contributed by atoms with Crippen LogP contribution in [0.5, 0.6) is 0 Å². The molecule has 1 fully saturated rings. The number of methoxy groups -OCH3 is 1. The van der Waals surface area contributed by atoms with Crippen LogP contribution in [0.3, 0.4) is 0 Å². The van der Waals surface area contributed by atoms with Gasteiger partial charge in [0.2, 0.25) is 0 Å². The smallest absolute Gasteiger partial charge is 0.254 e. The molecule has 6 heteroatoms. The number of ether oxygens (including phenoxy) is 1. The number of nitrogens with zero attached hydrogens (tertiary/aromatic N) is 1. The number of amides is 1. The number of carbonyl (C=O) groups excluding carboxylic acids is 1. The Morgan fingerprint density at radius 1 is 1.07 bits per heavy atom. The lowest BCUT2D eigenvalue weighted by molar-refractivity contribution is 0.0674. The Morgan fingerprint density at radius 3 is 2.33 bits per heavy atom. The summed E-state index contributed by atoms with van der Waals surface area (Å²) < 4.78 is 28.8. The third kappa shape index (κ3) is 4.96. The average molecular weight is 388 g/mol. The second-order valence-corrected chi connectivity index (χ2v) is 9.07. The topological polar surface area (TPSA) is 63.7 Å². The number of sulfone groups is 1. The monoisotopic (exact) mass is 387 g/mol. The molecule has 0 spiro atoms. The molecule has 0 saturated carbocycles. The standard InChI is InChI=1S/C21H25NO4S/c1-26-14-5-13-22(20-12-15-27(24,25)16-20)21(23)19-10-8-18(9-11-19)17-6-3-2-4-7-17/h2-4,6-11,20H,5,12-16H2,1H3/t20-/m0/s1. The van der Waals surface area contributed by atoms with E-state index in [1.165, 1.54) is 0 Å². The van der Waals surface area contributed by atoms with Gasteiger partial charge in [0.25, 0.3) is 5.91 Å². The molecule has 0 radical (unpaired) electrons. The molecule has 0 aromatic heterocycles. The van der Waals surface area contributed by atoms with Crippen LogP contribution in [-0.2, 0) is 14.6 Å². The van der Waals surface area contributed by atoms with Gasteiger partial charge in [0, 0.05) is 31.9 Å². The molecule has 2 aromatic carbocycles. The number of benzene rings is 2. The van der Waals surface area contributed by atoms with Crippen LogP contribution < -0.4 is 0 Å². The summed E-state index contributed by atoms with van der Waals surface area (Å²) >= 11 is 0. The summed E-state index contributed by atoms with van der Waals surface area (Å²) in [6.45, 7) is 1.03. The minimum Gasteiger partial charge on any atom is -0.385 e. The highest BCUT2D eigenvalue weighted by Crippen LogP contribution is 2.23. The third-order valence-electron chi connectivity index (χ3n) is 4.90. The zero-order valence-corrected chi connectivity index (χ0v) is 16.3. The molecule has 2 aromatic rings. The second kappa shape index (κ2) is 8.67. The lowest BCUT2D eigenvalue weighted by Crippen LogP contribution is -2.42. The van der Waals surface area contributed by atoms with Crippen molar-refractivity contribution in [1.29, 1.82) is 0 Å². The van der Waals surface area contributed by atoms with Crippen molar-refractivity contribution in [3.8, 4) is 11.1 Å². The molecule has 5 nitrogen and oxygen atoms in total. The fourth-order valence-corrected chi connectivity index (χ4v) is 5.18. The van der Waals surface area contributed by atoms with E-state index in [4.69, 9.17) is 4.74 Å². The average Bonchev–Trinajstić information content (AvgIpc) is 3.05. The molecule has 0 bridgehead atoms. The van der Waals surface area contributed by atoms with Crippen LogP contribution in [0.2, 0.25) is 0 Å². The molecule has 1 saturated heterocycles. The number of hydrogen-bond donors (Lipinski definition) is 0. The molecule has 3 rings (SSSR count). The Labute approximate surface area is 160 Å². The first-order valence-electron chi connectivity index (χ1n) is 9.16. The van der Waals surface area contributed by atoms with Crippen molar-refractivity contribution in [2.45, 2.75) is 18.9 Å². The zero-order valence-electron chi connectivity index (χ0n) is 15.5. The second-order valence-electron chi connectivity index (χ2n) is 6.85. The van der Waals surface area contributed by atoms with Crippen LogP contribution in [0.15, 0.2) is 54.6 Å². The Bertz CT molecular complexity index is 863. The maximum absolute atomic E-state index is 13.1. The number of hydrogen-bond acceptors (Lipinski definition) is 4. The Morgan fingerprint density at radius 2 is 1.74 bits per heavy atom. The predicted octanol–water partition coefficient (Wildman–Crippen LogP) is 3.02. The highest BCUT2D eigenvalue weighted by Gasteiger charge is 2.34. The van der Waals surface area contributed by atoms with E-state index >= 15 is 0 Å². The number of carbonyl (C=O) groups is 1. The van der Waals surface area contributed by atoms with Crippen molar-refractivity contribution < 1.29 is 17.9 Å². The van der Waals surface area contributed by atoms with E-state index in [2.05, 4.69) is 0 Å². The van der Waals surface area contributed by atoms with Crippen molar-refractivity contribution in [3.05, 3.63) is 60.2 Å². The summed E-state index contributed by atoms with van der Waals surface area (Å²) in [5.41, 5.74) is 2.72. The van der Waals surface area contributed by atoms with Crippen molar-refractivity contribution in [3.63, 3.8) is 0 Å². The van der Waals surface area contributed by atoms with Crippen LogP contribution >= 0.6 is 0 Å². The van der Waals surface area contributed by atoms with Crippen molar-refractivity contribution in [2.75, 3.05) is 31.8 Å². The van der Waals surface area contributed by atoms with E-state index in [1.807, 2.05) is 54.6 Å². The first-order chi connectivity index (χ1) is 13.0. The summed E-state index contributed by atoms with van der Waals surface area (Å²) in [6, 6.07) is 17.2. The van der Waals surface area contributed by atoms with Crippen LogP contribution in [0.4, 0.5) is 0 Å². The maximum Gasteiger partial charge on any atom is 0.254 e. The molecule has 0 N–H and O–H groups in total. The van der Waals surface area contributed by atoms with Gasteiger partial charge in [0.1, 0.15) is 0 Å². The predicted molar refractivity (Wildman–Crippen MR) is 106 cm³/mol. The third-order valence-corrected chi connectivity index (χ3v) is 6.65. The van der Waals surface area contributed by atoms with Gasteiger partial charge >= 0.3 is 0 Å². The van der Waals surface area contributed by atoms with Crippen molar-refractivity contribution >= 4 is 15.7 Å². The molecule has 1 aliphatic heterocycles. The maximum atomic E-state index is 13.1. The van der Waals surface area contributed by atoms with Gasteiger partial charge < -0.3 is 9.64 Å². The SMILES string of the molecule is COCCCN(C(=O)c1ccc(-c2ccccc2)cc1)[C@H]1CCS(=O)(=O)C1. The van der Waals surface area contributed by atoms with E-state index in [9.17, 15) is 13.2 Å². The fourth-order valence-electron chi connectivity index (χ4n) is 3.45. The van der Waals surface area contributed by atoms with Gasteiger partial charge in [-0.15, -0.1) is 0 Å². The van der Waals surface area contributed by atoms with Gasteiger partial charge in [-0.1, -0.05) is 42.5 Å². The molecule has 27 heavy (non-hydrogen) atoms. The lowest BCUT2D eigenvalue weighted by Gasteiger charge is -2.28. The van der Waals surface area contributed by atoms with Crippen LogP contribution in [-0.4, -0.2) is 57.0 Å². The van der Waals surface area contributed by atoms with Gasteiger partial charge in [-0.2, -0.15) is 0 Å². The minimum absolute atomic E-state index is 0.0494. The fraction of sp³-hybridized carbons (Fsp3) is 0.381. The summed E-state index contributed by atoms with van der Waals surface area (Å²) in [7, 11) is -1.44. The highest BCUT2D eigenvalue weighted by molar-refractivity contribution is 7.91. The van der Waals surface area contributed by atoms with Gasteiger partial charge in [-0.3, -0.25) is 4.79 Å². The molecule has 1 aliphatic rings. The Kier molecular flexibility index (Phi) is 6.29. The number of rotatable bonds is 7. The molecule has 1 heterocycles. The van der Waals surface area contributed by atoms with E-state index in [-0.39, 0.29) is 23.5 Å². The van der Waals surface area contributed by atoms with E-state index in [0.717, 1.165) is 11.1 Å². The molecular formula is C21H25NO4S. The van der Waals surface area contributed by atoms with Gasteiger partial charge in [0.05, 0.1) is 11.5 Å². The summed E-state index contributed by atoms with van der Waals surface area (Å²) in [4.78, 5) is 14.8. The van der Waals surface area contributed by atoms with E-state index in [1.54, 1.807) is 12.0 Å². The summed E-state index contributed by atoms with van der Waals surface area (Å²) in [5.74, 6) is 0.0831. The van der Waals surface area contributed by atoms with Crippen molar-refractivity contribution in [2.24, 2.45) is 0 Å². The van der Waals surface area contributed by atoms with E-state index in [0.29, 0.717) is 31.6 Å². The lowest BCUT2D eigenvalue weighted by atomic mass is 10.0. The van der Waals surface area contributed by atoms with Gasteiger partial charge in [-0.25, -0.2) is 8.42 Å². The summed E-state index contributed by atoms with van der Waals surface area (Å²) in [6.07, 6.45) is 1.18. The Balaban J connectivity index is 1.78. The van der Waals surface area contributed by atoms with Gasteiger partial charge in [-0.05, 0) is 36.1 Å². The Hall–Kier alpha value is -2.18. The minimum atomic E-state index is -3.05. The molecule has 144 valence electrons. The normalized spacial score (nSPS) is 18.3. The van der Waals surface area contributed by atoms with Crippen molar-refractivity contribution in [1.82, 2.24) is 4.90 Å². The molecule has 0 unspecified atom stereocenters. The zero-order chi connectivity index (χ0) is 19.3. The molecule has 1 atom stereocenters.